The van der Waals surface area contributed by atoms with E-state index < -0.39 is 10.0 Å². The molecule has 0 aliphatic rings. The van der Waals surface area contributed by atoms with Gasteiger partial charge in [-0.15, -0.1) is 11.3 Å². The Morgan fingerprint density at radius 1 is 1.04 bits per heavy atom. The number of benzene rings is 2. The summed E-state index contributed by atoms with van der Waals surface area (Å²) in [6.07, 6.45) is 0. The topological polar surface area (TPSA) is 84.5 Å². The van der Waals surface area contributed by atoms with Crippen molar-refractivity contribution in [2.75, 3.05) is 11.8 Å². The minimum atomic E-state index is -3.75. The number of anilines is 1. The highest BCUT2D eigenvalue weighted by molar-refractivity contribution is 7.92. The Morgan fingerprint density at radius 3 is 2.29 bits per heavy atom. The molecule has 2 N–H and O–H groups in total. The van der Waals surface area contributed by atoms with E-state index in [2.05, 4.69) is 10.0 Å². The number of hydrogen-bond donors (Lipinski definition) is 2. The van der Waals surface area contributed by atoms with Gasteiger partial charge in [-0.3, -0.25) is 9.52 Å². The summed E-state index contributed by atoms with van der Waals surface area (Å²) in [5.41, 5.74) is 0.819. The number of rotatable bonds is 7. The lowest BCUT2D eigenvalue weighted by Crippen LogP contribution is -2.26. The van der Waals surface area contributed by atoms with Crippen molar-refractivity contribution in [1.82, 2.24) is 5.32 Å². The molecular formula is C20H20N2O4S2. The normalized spacial score (nSPS) is 12.2. The van der Waals surface area contributed by atoms with Crippen LogP contribution in [0.1, 0.15) is 28.2 Å². The molecule has 6 nitrogen and oxygen atoms in total. The molecule has 0 radical (unpaired) electrons. The molecule has 0 aliphatic carbocycles. The third-order valence-electron chi connectivity index (χ3n) is 4.09. The van der Waals surface area contributed by atoms with Gasteiger partial charge >= 0.3 is 0 Å². The molecule has 1 heterocycles. The van der Waals surface area contributed by atoms with Crippen LogP contribution in [0.4, 0.5) is 5.69 Å². The molecule has 3 aromatic rings. The lowest BCUT2D eigenvalue weighted by Gasteiger charge is -2.13. The number of carbonyl (C=O) groups excluding carboxylic acids is 1. The van der Waals surface area contributed by atoms with Gasteiger partial charge in [-0.05, 0) is 66.9 Å². The molecule has 0 spiro atoms. The quantitative estimate of drug-likeness (QED) is 0.609. The van der Waals surface area contributed by atoms with Crippen molar-refractivity contribution in [3.63, 3.8) is 0 Å². The van der Waals surface area contributed by atoms with Gasteiger partial charge in [-0.25, -0.2) is 8.42 Å². The van der Waals surface area contributed by atoms with E-state index in [0.717, 1.165) is 4.88 Å². The Morgan fingerprint density at radius 2 is 1.71 bits per heavy atom. The van der Waals surface area contributed by atoms with Crippen LogP contribution in [0.25, 0.3) is 0 Å². The van der Waals surface area contributed by atoms with Crippen molar-refractivity contribution >= 4 is 33.0 Å². The first-order chi connectivity index (χ1) is 13.4. The van der Waals surface area contributed by atoms with E-state index in [1.54, 1.807) is 35.6 Å². The second-order valence-electron chi connectivity index (χ2n) is 6.07. The van der Waals surface area contributed by atoms with Gasteiger partial charge in [0.25, 0.3) is 15.9 Å². The molecule has 2 aromatic carbocycles. The van der Waals surface area contributed by atoms with Crippen molar-refractivity contribution in [3.8, 4) is 5.75 Å². The first kappa shape index (κ1) is 19.9. The third kappa shape index (κ3) is 4.71. The largest absolute Gasteiger partial charge is 0.497 e. The molecule has 1 unspecified atom stereocenters. The Hall–Kier alpha value is -2.84. The Kier molecular flexibility index (Phi) is 6.01. The number of hydrogen-bond acceptors (Lipinski definition) is 5. The number of amides is 1. The molecule has 0 aliphatic heterocycles. The standard InChI is InChI=1S/C20H20N2O4S2/c1-14(19-4-3-13-27-19)21-20(23)15-5-11-18(12-6-15)28(24,25)22-16-7-9-17(26-2)10-8-16/h3-14,22H,1-2H3,(H,21,23). The molecule has 0 saturated carbocycles. The maximum Gasteiger partial charge on any atom is 0.261 e. The van der Waals surface area contributed by atoms with Gasteiger partial charge in [0, 0.05) is 16.1 Å². The van der Waals surface area contributed by atoms with Crippen LogP contribution in [0.2, 0.25) is 0 Å². The average molecular weight is 417 g/mol. The number of methoxy groups -OCH3 is 1. The van der Waals surface area contributed by atoms with Gasteiger partial charge in [0.05, 0.1) is 18.0 Å². The van der Waals surface area contributed by atoms with E-state index in [1.165, 1.54) is 31.4 Å². The van der Waals surface area contributed by atoms with E-state index in [1.807, 2.05) is 24.4 Å². The van der Waals surface area contributed by atoms with Crippen molar-refractivity contribution in [3.05, 3.63) is 76.5 Å². The van der Waals surface area contributed by atoms with E-state index in [0.29, 0.717) is 17.0 Å². The van der Waals surface area contributed by atoms with Crippen LogP contribution < -0.4 is 14.8 Å². The molecular weight excluding hydrogens is 396 g/mol. The highest BCUT2D eigenvalue weighted by atomic mass is 32.2. The maximum atomic E-state index is 12.5. The molecule has 1 aromatic heterocycles. The summed E-state index contributed by atoms with van der Waals surface area (Å²) < 4.78 is 32.6. The van der Waals surface area contributed by atoms with Crippen molar-refractivity contribution < 1.29 is 17.9 Å². The number of ether oxygens (including phenoxy) is 1. The number of nitrogens with one attached hydrogen (secondary N) is 2. The summed E-state index contributed by atoms with van der Waals surface area (Å²) in [5, 5.41) is 4.85. The summed E-state index contributed by atoms with van der Waals surface area (Å²) in [7, 11) is -2.21. The van der Waals surface area contributed by atoms with Gasteiger partial charge in [0.15, 0.2) is 0 Å². The SMILES string of the molecule is COc1ccc(NS(=O)(=O)c2ccc(C(=O)NC(C)c3cccs3)cc2)cc1. The zero-order chi connectivity index (χ0) is 20.1. The number of carbonyl (C=O) groups is 1. The fourth-order valence-electron chi connectivity index (χ4n) is 2.55. The zero-order valence-corrected chi connectivity index (χ0v) is 17.0. The first-order valence-corrected chi connectivity index (χ1v) is 10.9. The summed E-state index contributed by atoms with van der Waals surface area (Å²) >= 11 is 1.57. The Balaban J connectivity index is 1.69. The Labute approximate surface area is 168 Å². The van der Waals surface area contributed by atoms with Gasteiger partial charge in [0.2, 0.25) is 0 Å². The van der Waals surface area contributed by atoms with Gasteiger partial charge in [-0.2, -0.15) is 0 Å². The highest BCUT2D eigenvalue weighted by Gasteiger charge is 2.16. The predicted molar refractivity (Wildman–Crippen MR) is 110 cm³/mol. The molecule has 1 atom stereocenters. The number of thiophene rings is 1. The lowest BCUT2D eigenvalue weighted by atomic mass is 10.2. The fourth-order valence-corrected chi connectivity index (χ4v) is 4.34. The molecule has 146 valence electrons. The monoisotopic (exact) mass is 416 g/mol. The first-order valence-electron chi connectivity index (χ1n) is 8.50. The van der Waals surface area contributed by atoms with Crippen LogP contribution in [0, 0.1) is 0 Å². The van der Waals surface area contributed by atoms with E-state index in [-0.39, 0.29) is 16.8 Å². The summed E-state index contributed by atoms with van der Waals surface area (Å²) in [6, 6.07) is 16.2. The summed E-state index contributed by atoms with van der Waals surface area (Å²) in [4.78, 5) is 13.5. The van der Waals surface area contributed by atoms with Gasteiger partial charge in [-0.1, -0.05) is 6.07 Å². The minimum absolute atomic E-state index is 0.0752. The molecule has 1 amide bonds. The zero-order valence-electron chi connectivity index (χ0n) is 15.4. The minimum Gasteiger partial charge on any atom is -0.497 e. The van der Waals surface area contributed by atoms with Crippen LogP contribution in [-0.4, -0.2) is 21.4 Å². The van der Waals surface area contributed by atoms with Crippen molar-refractivity contribution in [2.45, 2.75) is 17.9 Å². The maximum absolute atomic E-state index is 12.5. The van der Waals surface area contributed by atoms with Crippen LogP contribution in [0.5, 0.6) is 5.75 Å². The van der Waals surface area contributed by atoms with Crippen molar-refractivity contribution in [1.29, 1.82) is 0 Å². The highest BCUT2D eigenvalue weighted by Crippen LogP contribution is 2.21. The van der Waals surface area contributed by atoms with E-state index in [4.69, 9.17) is 4.74 Å². The second kappa shape index (κ2) is 8.45. The lowest BCUT2D eigenvalue weighted by molar-refractivity contribution is 0.0940. The Bertz CT molecular complexity index is 1030. The molecule has 0 fully saturated rings. The van der Waals surface area contributed by atoms with Crippen molar-refractivity contribution in [2.24, 2.45) is 0 Å². The smallest absolute Gasteiger partial charge is 0.261 e. The second-order valence-corrected chi connectivity index (χ2v) is 8.73. The van der Waals surface area contributed by atoms with Crippen LogP contribution in [-0.2, 0) is 10.0 Å². The van der Waals surface area contributed by atoms with E-state index >= 15 is 0 Å². The predicted octanol–water partition coefficient (Wildman–Crippen LogP) is 4.05. The number of sulfonamides is 1. The fraction of sp³-hybridized carbons (Fsp3) is 0.150. The molecule has 3 rings (SSSR count). The molecule has 0 bridgehead atoms. The molecule has 0 saturated heterocycles. The molecule has 28 heavy (non-hydrogen) atoms. The average Bonchev–Trinajstić information content (AvgIpc) is 3.23. The summed E-state index contributed by atoms with van der Waals surface area (Å²) in [5.74, 6) is 0.378. The third-order valence-corrected chi connectivity index (χ3v) is 6.54. The van der Waals surface area contributed by atoms with Crippen LogP contribution >= 0.6 is 11.3 Å². The van der Waals surface area contributed by atoms with Crippen LogP contribution in [0.3, 0.4) is 0 Å². The van der Waals surface area contributed by atoms with Gasteiger partial charge in [0.1, 0.15) is 5.75 Å². The van der Waals surface area contributed by atoms with E-state index in [9.17, 15) is 13.2 Å². The summed E-state index contributed by atoms with van der Waals surface area (Å²) in [6.45, 7) is 1.90. The molecule has 8 heteroatoms. The van der Waals surface area contributed by atoms with Crippen LogP contribution in [0.15, 0.2) is 70.9 Å². The van der Waals surface area contributed by atoms with Gasteiger partial charge < -0.3 is 10.1 Å².